The van der Waals surface area contributed by atoms with Crippen molar-refractivity contribution in [2.75, 3.05) is 25.0 Å². The summed E-state index contributed by atoms with van der Waals surface area (Å²) in [6.07, 6.45) is 2.19. The van der Waals surface area contributed by atoms with E-state index in [9.17, 15) is 4.39 Å². The molecule has 1 aromatic heterocycles. The smallest absolute Gasteiger partial charge is 0.186 e. The first-order valence-corrected chi connectivity index (χ1v) is 4.55. The molecule has 0 aliphatic carbocycles. The number of nitrogens with two attached hydrogens (primary N) is 1. The molecule has 0 saturated carbocycles. The third kappa shape index (κ3) is 2.38. The van der Waals surface area contributed by atoms with Crippen molar-refractivity contribution in [3.63, 3.8) is 0 Å². The van der Waals surface area contributed by atoms with Gasteiger partial charge in [-0.2, -0.15) is 0 Å². The number of rotatable bonds is 4. The monoisotopic (exact) mass is 198 g/mol. The van der Waals surface area contributed by atoms with Gasteiger partial charge in [0.25, 0.3) is 0 Å². The first kappa shape index (κ1) is 10.8. The Morgan fingerprint density at radius 1 is 1.50 bits per heavy atom. The van der Waals surface area contributed by atoms with Gasteiger partial charge in [-0.3, -0.25) is 0 Å². The fourth-order valence-electron chi connectivity index (χ4n) is 1.15. The van der Waals surface area contributed by atoms with E-state index >= 15 is 0 Å². The van der Waals surface area contributed by atoms with Crippen LogP contribution in [0, 0.1) is 12.7 Å². The van der Waals surface area contributed by atoms with E-state index in [1.165, 1.54) is 6.33 Å². The first-order valence-electron chi connectivity index (χ1n) is 4.55. The summed E-state index contributed by atoms with van der Waals surface area (Å²) in [5.41, 5.74) is 5.74. The molecule has 4 nitrogen and oxygen atoms in total. The lowest BCUT2D eigenvalue weighted by molar-refractivity contribution is 0.594. The number of nitrogens with zero attached hydrogens (tertiary/aromatic N) is 3. The molecular weight excluding hydrogens is 183 g/mol. The molecule has 1 aromatic rings. The van der Waals surface area contributed by atoms with Crippen LogP contribution in [0.4, 0.5) is 10.2 Å². The summed E-state index contributed by atoms with van der Waals surface area (Å²) in [5.74, 6) is -0.0158. The topological polar surface area (TPSA) is 55.0 Å². The summed E-state index contributed by atoms with van der Waals surface area (Å²) in [6.45, 7) is 2.91. The Hall–Kier alpha value is -1.23. The molecular formula is C9H15FN4. The zero-order chi connectivity index (χ0) is 10.6. The summed E-state index contributed by atoms with van der Waals surface area (Å²) in [5, 5.41) is 0. The van der Waals surface area contributed by atoms with Crippen LogP contribution in [0.25, 0.3) is 0 Å². The van der Waals surface area contributed by atoms with E-state index in [-0.39, 0.29) is 5.82 Å². The summed E-state index contributed by atoms with van der Waals surface area (Å²) < 4.78 is 13.5. The van der Waals surface area contributed by atoms with E-state index in [0.29, 0.717) is 24.6 Å². The largest absolute Gasteiger partial charge is 0.357 e. The lowest BCUT2D eigenvalue weighted by atomic mass is 10.3. The van der Waals surface area contributed by atoms with Gasteiger partial charge < -0.3 is 10.6 Å². The standard InChI is InChI=1S/C9H15FN4/c1-7-8(10)9(13-6-12-7)14(2)5-3-4-11/h6H,3-5,11H2,1-2H3. The number of hydrogen-bond acceptors (Lipinski definition) is 4. The molecule has 0 unspecified atom stereocenters. The van der Waals surface area contributed by atoms with Crippen LogP contribution >= 0.6 is 0 Å². The Kier molecular flexibility index (Phi) is 3.76. The second-order valence-electron chi connectivity index (χ2n) is 3.16. The van der Waals surface area contributed by atoms with Crippen molar-refractivity contribution < 1.29 is 4.39 Å². The summed E-state index contributed by atoms with van der Waals surface area (Å²) in [6, 6.07) is 0. The molecule has 0 aromatic carbocycles. The van der Waals surface area contributed by atoms with Crippen LogP contribution in [0.3, 0.4) is 0 Å². The minimum Gasteiger partial charge on any atom is -0.357 e. The minimum absolute atomic E-state index is 0.339. The van der Waals surface area contributed by atoms with E-state index < -0.39 is 0 Å². The van der Waals surface area contributed by atoms with Gasteiger partial charge in [0.15, 0.2) is 11.6 Å². The fraction of sp³-hybridized carbons (Fsp3) is 0.556. The Labute approximate surface area is 83.0 Å². The number of hydrogen-bond donors (Lipinski definition) is 1. The predicted octanol–water partition coefficient (Wildman–Crippen LogP) is 0.709. The van der Waals surface area contributed by atoms with Crippen LogP contribution in [0.2, 0.25) is 0 Å². The number of anilines is 1. The van der Waals surface area contributed by atoms with Crippen LogP contribution < -0.4 is 10.6 Å². The Morgan fingerprint density at radius 2 is 2.21 bits per heavy atom. The van der Waals surface area contributed by atoms with Gasteiger partial charge in [-0.15, -0.1) is 0 Å². The van der Waals surface area contributed by atoms with Crippen LogP contribution in [0.15, 0.2) is 6.33 Å². The van der Waals surface area contributed by atoms with Crippen LogP contribution in [-0.4, -0.2) is 30.1 Å². The quantitative estimate of drug-likeness (QED) is 0.774. The molecule has 1 rings (SSSR count). The third-order valence-electron chi connectivity index (χ3n) is 2.00. The normalized spacial score (nSPS) is 10.3. The second-order valence-corrected chi connectivity index (χ2v) is 3.16. The molecule has 0 bridgehead atoms. The number of halogens is 1. The molecule has 0 aliphatic heterocycles. The molecule has 2 N–H and O–H groups in total. The Morgan fingerprint density at radius 3 is 2.86 bits per heavy atom. The van der Waals surface area contributed by atoms with Crippen LogP contribution in [-0.2, 0) is 0 Å². The van der Waals surface area contributed by atoms with E-state index in [4.69, 9.17) is 5.73 Å². The average molecular weight is 198 g/mol. The molecule has 0 saturated heterocycles. The van der Waals surface area contributed by atoms with E-state index in [1.54, 1.807) is 18.9 Å². The van der Waals surface area contributed by atoms with Crippen LogP contribution in [0.1, 0.15) is 12.1 Å². The van der Waals surface area contributed by atoms with Crippen molar-refractivity contribution in [1.82, 2.24) is 9.97 Å². The van der Waals surface area contributed by atoms with Gasteiger partial charge in [0.2, 0.25) is 0 Å². The molecule has 0 aliphatic rings. The molecule has 14 heavy (non-hydrogen) atoms. The molecule has 0 atom stereocenters. The summed E-state index contributed by atoms with van der Waals surface area (Å²) in [4.78, 5) is 9.40. The van der Waals surface area contributed by atoms with Crippen molar-refractivity contribution in [3.05, 3.63) is 17.8 Å². The lowest BCUT2D eigenvalue weighted by Gasteiger charge is -2.18. The highest BCUT2D eigenvalue weighted by Gasteiger charge is 2.11. The molecule has 0 amide bonds. The zero-order valence-corrected chi connectivity index (χ0v) is 8.50. The molecule has 78 valence electrons. The van der Waals surface area contributed by atoms with Crippen molar-refractivity contribution in [1.29, 1.82) is 0 Å². The van der Waals surface area contributed by atoms with Gasteiger partial charge in [0, 0.05) is 13.6 Å². The maximum atomic E-state index is 13.5. The molecule has 0 spiro atoms. The first-order chi connectivity index (χ1) is 6.66. The maximum absolute atomic E-state index is 13.5. The average Bonchev–Trinajstić information content (AvgIpc) is 2.18. The zero-order valence-electron chi connectivity index (χ0n) is 8.50. The number of aromatic nitrogens is 2. The van der Waals surface area contributed by atoms with Gasteiger partial charge in [0.05, 0.1) is 5.69 Å². The van der Waals surface area contributed by atoms with Gasteiger partial charge in [-0.25, -0.2) is 14.4 Å². The van der Waals surface area contributed by atoms with Gasteiger partial charge >= 0.3 is 0 Å². The van der Waals surface area contributed by atoms with E-state index in [1.807, 2.05) is 0 Å². The Balaban J connectivity index is 2.79. The maximum Gasteiger partial charge on any atom is 0.186 e. The highest BCUT2D eigenvalue weighted by atomic mass is 19.1. The lowest BCUT2D eigenvalue weighted by Crippen LogP contribution is -2.23. The van der Waals surface area contributed by atoms with Crippen LogP contribution in [0.5, 0.6) is 0 Å². The molecule has 5 heteroatoms. The van der Waals surface area contributed by atoms with Gasteiger partial charge in [0.1, 0.15) is 6.33 Å². The summed E-state index contributed by atoms with van der Waals surface area (Å²) >= 11 is 0. The minimum atomic E-state index is -0.355. The van der Waals surface area contributed by atoms with Gasteiger partial charge in [-0.1, -0.05) is 0 Å². The molecule has 0 fully saturated rings. The Bertz CT molecular complexity index is 303. The van der Waals surface area contributed by atoms with Crippen molar-refractivity contribution >= 4 is 5.82 Å². The van der Waals surface area contributed by atoms with Crippen molar-refractivity contribution in [2.24, 2.45) is 5.73 Å². The summed E-state index contributed by atoms with van der Waals surface area (Å²) in [7, 11) is 1.79. The SMILES string of the molecule is Cc1ncnc(N(C)CCCN)c1F. The number of aryl methyl sites for hydroxylation is 1. The highest BCUT2D eigenvalue weighted by Crippen LogP contribution is 2.15. The highest BCUT2D eigenvalue weighted by molar-refractivity contribution is 5.39. The third-order valence-corrected chi connectivity index (χ3v) is 2.00. The fourth-order valence-corrected chi connectivity index (χ4v) is 1.15. The van der Waals surface area contributed by atoms with Crippen molar-refractivity contribution in [2.45, 2.75) is 13.3 Å². The van der Waals surface area contributed by atoms with Crippen molar-refractivity contribution in [3.8, 4) is 0 Å². The second kappa shape index (κ2) is 4.85. The van der Waals surface area contributed by atoms with E-state index in [0.717, 1.165) is 6.42 Å². The van der Waals surface area contributed by atoms with E-state index in [2.05, 4.69) is 9.97 Å². The predicted molar refractivity (Wildman–Crippen MR) is 53.7 cm³/mol. The van der Waals surface area contributed by atoms with Gasteiger partial charge in [-0.05, 0) is 19.9 Å². The molecule has 1 heterocycles. The molecule has 0 radical (unpaired) electrons.